The van der Waals surface area contributed by atoms with Crippen LogP contribution in [-0.2, 0) is 11.3 Å². The number of likely N-dealkylation sites (tertiary alicyclic amines) is 1. The van der Waals surface area contributed by atoms with E-state index in [4.69, 9.17) is 9.84 Å². The zero-order chi connectivity index (χ0) is 15.2. The number of carbonyl (C=O) groups excluding carboxylic acids is 1. The van der Waals surface area contributed by atoms with Crippen LogP contribution in [0.2, 0.25) is 0 Å². The van der Waals surface area contributed by atoms with E-state index >= 15 is 0 Å². The maximum absolute atomic E-state index is 13.8. The van der Waals surface area contributed by atoms with Crippen LogP contribution in [0.25, 0.3) is 0 Å². The number of nitrogens with zero attached hydrogens (tertiary/aromatic N) is 1. The van der Waals surface area contributed by atoms with E-state index in [9.17, 15) is 14.0 Å². The Hall–Kier alpha value is -2.31. The largest absolute Gasteiger partial charge is 0.465 e. The van der Waals surface area contributed by atoms with Gasteiger partial charge in [-0.2, -0.15) is 0 Å². The van der Waals surface area contributed by atoms with Crippen LogP contribution in [0.15, 0.2) is 30.3 Å². The average molecular weight is 296 g/mol. The molecule has 1 saturated heterocycles. The number of alkyl halides is 1. The molecule has 0 aromatic heterocycles. The lowest BCUT2D eigenvalue weighted by atomic mass is 10.0. The molecule has 1 aromatic carbocycles. The first-order valence-corrected chi connectivity index (χ1v) is 6.65. The Kier molecular flexibility index (Phi) is 4.97. The Balaban J connectivity index is 1.77. The molecule has 2 atom stereocenters. The number of benzene rings is 1. The molecule has 2 amide bonds. The highest BCUT2D eigenvalue weighted by Crippen LogP contribution is 2.14. The fourth-order valence-electron chi connectivity index (χ4n) is 2.16. The van der Waals surface area contributed by atoms with Crippen LogP contribution in [0.4, 0.5) is 14.0 Å². The summed E-state index contributed by atoms with van der Waals surface area (Å²) in [5.41, 5.74) is 0.838. The smallest absolute Gasteiger partial charge is 0.407 e. The van der Waals surface area contributed by atoms with E-state index in [1.165, 1.54) is 0 Å². The molecule has 2 unspecified atom stereocenters. The summed E-state index contributed by atoms with van der Waals surface area (Å²) in [6.45, 7) is 0.0654. The van der Waals surface area contributed by atoms with Crippen molar-refractivity contribution in [1.29, 1.82) is 0 Å². The number of nitrogens with one attached hydrogen (secondary N) is 1. The Morgan fingerprint density at radius 1 is 1.38 bits per heavy atom. The van der Waals surface area contributed by atoms with Crippen LogP contribution in [0.1, 0.15) is 12.0 Å². The lowest BCUT2D eigenvalue weighted by Gasteiger charge is -2.33. The van der Waals surface area contributed by atoms with Crippen LogP contribution in [-0.4, -0.2) is 47.5 Å². The number of hydrogen-bond acceptors (Lipinski definition) is 3. The van der Waals surface area contributed by atoms with Crippen molar-refractivity contribution in [2.75, 3.05) is 13.1 Å². The summed E-state index contributed by atoms with van der Waals surface area (Å²) in [6, 6.07) is 8.43. The molecular weight excluding hydrogens is 279 g/mol. The van der Waals surface area contributed by atoms with Crippen molar-refractivity contribution in [2.45, 2.75) is 25.2 Å². The predicted octanol–water partition coefficient (Wildman–Crippen LogP) is 2.00. The minimum atomic E-state index is -1.43. The summed E-state index contributed by atoms with van der Waals surface area (Å²) >= 11 is 0. The molecule has 1 aliphatic rings. The second-order valence-corrected chi connectivity index (χ2v) is 4.85. The number of carbonyl (C=O) groups is 2. The van der Waals surface area contributed by atoms with Gasteiger partial charge in [-0.3, -0.25) is 0 Å². The fraction of sp³-hybridized carbons (Fsp3) is 0.429. The molecule has 21 heavy (non-hydrogen) atoms. The van der Waals surface area contributed by atoms with E-state index in [1.54, 1.807) is 0 Å². The maximum atomic E-state index is 13.8. The highest BCUT2D eigenvalue weighted by atomic mass is 19.1. The van der Waals surface area contributed by atoms with Gasteiger partial charge in [0.15, 0.2) is 0 Å². The molecule has 7 heteroatoms. The van der Waals surface area contributed by atoms with Crippen molar-refractivity contribution in [3.8, 4) is 0 Å². The monoisotopic (exact) mass is 296 g/mol. The lowest BCUT2D eigenvalue weighted by Crippen LogP contribution is -2.53. The van der Waals surface area contributed by atoms with Gasteiger partial charge in [-0.15, -0.1) is 0 Å². The number of piperidine rings is 1. The van der Waals surface area contributed by atoms with Crippen molar-refractivity contribution >= 4 is 12.2 Å². The lowest BCUT2D eigenvalue weighted by molar-refractivity contribution is 0.0810. The molecule has 6 nitrogen and oxygen atoms in total. The second-order valence-electron chi connectivity index (χ2n) is 4.85. The Morgan fingerprint density at radius 2 is 2.10 bits per heavy atom. The number of rotatable bonds is 3. The maximum Gasteiger partial charge on any atom is 0.407 e. The minimum absolute atomic E-state index is 0.109. The van der Waals surface area contributed by atoms with Gasteiger partial charge < -0.3 is 20.1 Å². The number of halogens is 1. The fourth-order valence-corrected chi connectivity index (χ4v) is 2.16. The quantitative estimate of drug-likeness (QED) is 0.894. The van der Waals surface area contributed by atoms with Gasteiger partial charge in [0.05, 0.1) is 12.6 Å². The third kappa shape index (κ3) is 4.34. The van der Waals surface area contributed by atoms with E-state index < -0.39 is 24.4 Å². The van der Waals surface area contributed by atoms with Gasteiger partial charge in [0.1, 0.15) is 12.8 Å². The van der Waals surface area contributed by atoms with Gasteiger partial charge in [0, 0.05) is 6.54 Å². The molecule has 1 aliphatic heterocycles. The number of alkyl carbamates (subject to hydrolysis) is 1. The minimum Gasteiger partial charge on any atom is -0.465 e. The number of carboxylic acid groups (broad SMARTS) is 1. The van der Waals surface area contributed by atoms with Crippen LogP contribution in [0.3, 0.4) is 0 Å². The highest BCUT2D eigenvalue weighted by Gasteiger charge is 2.32. The zero-order valence-electron chi connectivity index (χ0n) is 11.4. The van der Waals surface area contributed by atoms with Crippen LogP contribution in [0.5, 0.6) is 0 Å². The topological polar surface area (TPSA) is 78.9 Å². The molecule has 0 aliphatic carbocycles. The first kappa shape index (κ1) is 15.1. The predicted molar refractivity (Wildman–Crippen MR) is 72.7 cm³/mol. The van der Waals surface area contributed by atoms with Gasteiger partial charge in [-0.1, -0.05) is 30.3 Å². The van der Waals surface area contributed by atoms with Crippen molar-refractivity contribution in [3.05, 3.63) is 35.9 Å². The molecule has 114 valence electrons. The van der Waals surface area contributed by atoms with Crippen LogP contribution >= 0.6 is 0 Å². The zero-order valence-corrected chi connectivity index (χ0v) is 11.4. The molecule has 1 heterocycles. The van der Waals surface area contributed by atoms with Gasteiger partial charge in [0.2, 0.25) is 0 Å². The Morgan fingerprint density at radius 3 is 2.71 bits per heavy atom. The van der Waals surface area contributed by atoms with E-state index in [-0.39, 0.29) is 26.1 Å². The summed E-state index contributed by atoms with van der Waals surface area (Å²) in [4.78, 5) is 23.3. The first-order chi connectivity index (χ1) is 10.1. The molecule has 2 N–H and O–H groups in total. The van der Waals surface area contributed by atoms with Crippen LogP contribution < -0.4 is 5.32 Å². The van der Waals surface area contributed by atoms with E-state index in [0.29, 0.717) is 0 Å². The summed E-state index contributed by atoms with van der Waals surface area (Å²) in [6.07, 6.45) is -3.05. The van der Waals surface area contributed by atoms with Crippen molar-refractivity contribution in [2.24, 2.45) is 0 Å². The molecule has 2 rings (SSSR count). The molecule has 0 saturated carbocycles. The van der Waals surface area contributed by atoms with Crippen molar-refractivity contribution in [3.63, 3.8) is 0 Å². The molecular formula is C14H17FN2O4. The number of amides is 2. The number of hydrogen-bond donors (Lipinski definition) is 2. The van der Waals surface area contributed by atoms with E-state index in [1.807, 2.05) is 30.3 Å². The molecule has 0 bridgehead atoms. The average Bonchev–Trinajstić information content (AvgIpc) is 2.48. The van der Waals surface area contributed by atoms with Crippen LogP contribution in [0, 0.1) is 0 Å². The first-order valence-electron chi connectivity index (χ1n) is 6.65. The summed E-state index contributed by atoms with van der Waals surface area (Å²) < 4.78 is 18.8. The highest BCUT2D eigenvalue weighted by molar-refractivity contribution is 5.68. The summed E-state index contributed by atoms with van der Waals surface area (Å²) in [5.74, 6) is 0. The Labute approximate surface area is 121 Å². The SMILES string of the molecule is O=C(NC1CCN(C(=O)O)CC1F)OCc1ccccc1. The summed E-state index contributed by atoms with van der Waals surface area (Å²) in [5, 5.41) is 11.2. The van der Waals surface area contributed by atoms with Crippen molar-refractivity contribution < 1.29 is 23.8 Å². The standard InChI is InChI=1S/C14H17FN2O4/c15-11-8-17(14(19)20)7-6-12(11)16-13(18)21-9-10-4-2-1-3-5-10/h1-5,11-12H,6-9H2,(H,16,18)(H,19,20). The molecule has 0 spiro atoms. The third-order valence-electron chi connectivity index (χ3n) is 3.33. The second kappa shape index (κ2) is 6.92. The summed E-state index contributed by atoms with van der Waals surface area (Å²) in [7, 11) is 0. The van der Waals surface area contributed by atoms with Gasteiger partial charge in [-0.25, -0.2) is 14.0 Å². The number of ether oxygens (including phenoxy) is 1. The van der Waals surface area contributed by atoms with Gasteiger partial charge in [0.25, 0.3) is 0 Å². The van der Waals surface area contributed by atoms with Crippen molar-refractivity contribution in [1.82, 2.24) is 10.2 Å². The molecule has 0 radical (unpaired) electrons. The van der Waals surface area contributed by atoms with E-state index in [2.05, 4.69) is 5.32 Å². The molecule has 1 aromatic rings. The van der Waals surface area contributed by atoms with Gasteiger partial charge in [-0.05, 0) is 12.0 Å². The van der Waals surface area contributed by atoms with Gasteiger partial charge >= 0.3 is 12.2 Å². The van der Waals surface area contributed by atoms with E-state index in [0.717, 1.165) is 10.5 Å². The molecule has 1 fully saturated rings. The third-order valence-corrected chi connectivity index (χ3v) is 3.33. The normalized spacial score (nSPS) is 21.7. The Bertz CT molecular complexity index is 497.